The van der Waals surface area contributed by atoms with Crippen LogP contribution < -0.4 is 10.2 Å². The molecule has 1 aliphatic heterocycles. The van der Waals surface area contributed by atoms with Gasteiger partial charge in [0.2, 0.25) is 0 Å². The minimum atomic E-state index is -0.606. The first-order chi connectivity index (χ1) is 13.6. The van der Waals surface area contributed by atoms with Gasteiger partial charge in [0, 0.05) is 25.3 Å². The van der Waals surface area contributed by atoms with E-state index in [9.17, 15) is 15.2 Å². The summed E-state index contributed by atoms with van der Waals surface area (Å²) in [5.41, 5.74) is 1.98. The van der Waals surface area contributed by atoms with Gasteiger partial charge < -0.3 is 20.1 Å². The van der Waals surface area contributed by atoms with Crippen molar-refractivity contribution in [3.63, 3.8) is 0 Å². The fourth-order valence-electron chi connectivity index (χ4n) is 3.12. The Hall–Kier alpha value is -2.88. The van der Waals surface area contributed by atoms with Gasteiger partial charge in [-0.15, -0.1) is 0 Å². The molecule has 1 amide bonds. The van der Waals surface area contributed by atoms with Crippen molar-refractivity contribution in [2.24, 2.45) is 0 Å². The lowest BCUT2D eigenvalue weighted by molar-refractivity contribution is -0.117. The van der Waals surface area contributed by atoms with Crippen molar-refractivity contribution in [3.05, 3.63) is 47.5 Å². The van der Waals surface area contributed by atoms with Gasteiger partial charge in [0.05, 0.1) is 19.3 Å². The number of hydrogen-bond acceptors (Lipinski definition) is 5. The number of carbonyl (C=O) groups excluding carboxylic acids is 1. The lowest BCUT2D eigenvalue weighted by Crippen LogP contribution is -2.36. The number of rotatable bonds is 6. The molecule has 0 bridgehead atoms. The Kier molecular flexibility index (Phi) is 6.64. The second kappa shape index (κ2) is 9.36. The lowest BCUT2D eigenvalue weighted by Gasteiger charge is -2.29. The van der Waals surface area contributed by atoms with Crippen LogP contribution in [0.1, 0.15) is 18.9 Å². The van der Waals surface area contributed by atoms with E-state index in [2.05, 4.69) is 28.4 Å². The van der Waals surface area contributed by atoms with Crippen molar-refractivity contribution in [1.29, 1.82) is 5.26 Å². The maximum absolute atomic E-state index is 12.2. The van der Waals surface area contributed by atoms with Crippen molar-refractivity contribution in [3.8, 4) is 6.07 Å². The fraction of sp³-hybridized carbons (Fsp3) is 0.364. The molecular formula is C22H25N3O3. The van der Waals surface area contributed by atoms with E-state index in [1.807, 2.05) is 31.2 Å². The molecule has 0 aromatic heterocycles. The first-order valence-electron chi connectivity index (χ1n) is 9.55. The van der Waals surface area contributed by atoms with Crippen LogP contribution in [0.5, 0.6) is 0 Å². The number of fused-ring (bicyclic) bond motifs is 1. The van der Waals surface area contributed by atoms with E-state index in [4.69, 9.17) is 4.74 Å². The third kappa shape index (κ3) is 4.89. The van der Waals surface area contributed by atoms with Crippen LogP contribution in [-0.4, -0.2) is 50.0 Å². The third-order valence-corrected chi connectivity index (χ3v) is 4.87. The monoisotopic (exact) mass is 379 g/mol. The van der Waals surface area contributed by atoms with Gasteiger partial charge in [-0.25, -0.2) is 0 Å². The number of amides is 1. The van der Waals surface area contributed by atoms with E-state index in [0.717, 1.165) is 42.6 Å². The SMILES string of the molecule is CCC(O)CNC(=O)/C(C#N)=C/c1ccc2cc(N3CCOCC3)ccc2c1. The highest BCUT2D eigenvalue weighted by atomic mass is 16.5. The Labute approximate surface area is 165 Å². The summed E-state index contributed by atoms with van der Waals surface area (Å²) < 4.78 is 5.41. The Morgan fingerprint density at radius 3 is 2.71 bits per heavy atom. The third-order valence-electron chi connectivity index (χ3n) is 4.87. The number of nitrogens with zero attached hydrogens (tertiary/aromatic N) is 2. The standard InChI is InChI=1S/C22H25N3O3/c1-2-21(26)15-24-22(27)19(14-23)12-16-3-4-18-13-20(6-5-17(18)11-16)25-7-9-28-10-8-25/h3-6,11-13,21,26H,2,7-10,15H2,1H3,(H,24,27)/b19-12+. The highest BCUT2D eigenvalue weighted by Gasteiger charge is 2.13. The van der Waals surface area contributed by atoms with Crippen LogP contribution >= 0.6 is 0 Å². The number of nitrogens with one attached hydrogen (secondary N) is 1. The molecule has 0 spiro atoms. The van der Waals surface area contributed by atoms with E-state index in [1.165, 1.54) is 5.69 Å². The zero-order valence-corrected chi connectivity index (χ0v) is 16.0. The predicted octanol–water partition coefficient (Wildman–Crippen LogP) is 2.47. The van der Waals surface area contributed by atoms with Crippen LogP contribution in [0.4, 0.5) is 5.69 Å². The van der Waals surface area contributed by atoms with Crippen molar-refractivity contribution >= 4 is 28.4 Å². The summed E-state index contributed by atoms with van der Waals surface area (Å²) in [6.07, 6.45) is 1.51. The second-order valence-electron chi connectivity index (χ2n) is 6.83. The molecule has 0 radical (unpaired) electrons. The molecular weight excluding hydrogens is 354 g/mol. The first-order valence-corrected chi connectivity index (χ1v) is 9.55. The number of hydrogen-bond donors (Lipinski definition) is 2. The van der Waals surface area contributed by atoms with Gasteiger partial charge in [-0.2, -0.15) is 5.26 Å². The molecule has 6 heteroatoms. The topological polar surface area (TPSA) is 85.6 Å². The second-order valence-corrected chi connectivity index (χ2v) is 6.83. The number of aliphatic hydroxyl groups excluding tert-OH is 1. The predicted molar refractivity (Wildman–Crippen MR) is 110 cm³/mol. The van der Waals surface area contributed by atoms with Crippen LogP contribution in [-0.2, 0) is 9.53 Å². The van der Waals surface area contributed by atoms with E-state index in [0.29, 0.717) is 6.42 Å². The summed E-state index contributed by atoms with van der Waals surface area (Å²) in [6, 6.07) is 14.1. The molecule has 2 aromatic carbocycles. The summed E-state index contributed by atoms with van der Waals surface area (Å²) >= 11 is 0. The zero-order valence-electron chi connectivity index (χ0n) is 16.0. The quantitative estimate of drug-likeness (QED) is 0.595. The van der Waals surface area contributed by atoms with E-state index in [-0.39, 0.29) is 12.1 Å². The summed E-state index contributed by atoms with van der Waals surface area (Å²) in [5.74, 6) is -0.474. The van der Waals surface area contributed by atoms with Gasteiger partial charge in [0.1, 0.15) is 11.6 Å². The molecule has 2 N–H and O–H groups in total. The van der Waals surface area contributed by atoms with Crippen LogP contribution in [0.25, 0.3) is 16.8 Å². The number of ether oxygens (including phenoxy) is 1. The molecule has 1 saturated heterocycles. The Bertz CT molecular complexity index is 911. The van der Waals surface area contributed by atoms with Crippen molar-refractivity contribution in [1.82, 2.24) is 5.32 Å². The molecule has 1 heterocycles. The molecule has 146 valence electrons. The Balaban J connectivity index is 1.78. The van der Waals surface area contributed by atoms with Crippen molar-refractivity contribution < 1.29 is 14.6 Å². The maximum Gasteiger partial charge on any atom is 0.262 e. The molecule has 28 heavy (non-hydrogen) atoms. The van der Waals surface area contributed by atoms with Crippen LogP contribution in [0, 0.1) is 11.3 Å². The van der Waals surface area contributed by atoms with Crippen molar-refractivity contribution in [2.45, 2.75) is 19.4 Å². The van der Waals surface area contributed by atoms with Gasteiger partial charge in [0.25, 0.3) is 5.91 Å². The fourth-order valence-corrected chi connectivity index (χ4v) is 3.12. The summed E-state index contributed by atoms with van der Waals surface area (Å²) in [6.45, 7) is 5.24. The molecule has 2 aromatic rings. The number of benzene rings is 2. The van der Waals surface area contributed by atoms with Gasteiger partial charge in [-0.1, -0.05) is 25.1 Å². The smallest absolute Gasteiger partial charge is 0.262 e. The van der Waals surface area contributed by atoms with Gasteiger partial charge in [0.15, 0.2) is 0 Å². The minimum absolute atomic E-state index is 0.0209. The zero-order chi connectivity index (χ0) is 19.9. The van der Waals surface area contributed by atoms with Crippen molar-refractivity contribution in [2.75, 3.05) is 37.7 Å². The molecule has 6 nitrogen and oxygen atoms in total. The van der Waals surface area contributed by atoms with E-state index >= 15 is 0 Å². The highest BCUT2D eigenvalue weighted by molar-refractivity contribution is 6.02. The molecule has 0 saturated carbocycles. The maximum atomic E-state index is 12.2. The molecule has 3 rings (SSSR count). The lowest BCUT2D eigenvalue weighted by atomic mass is 10.0. The minimum Gasteiger partial charge on any atom is -0.391 e. The molecule has 1 aliphatic rings. The van der Waals surface area contributed by atoms with E-state index in [1.54, 1.807) is 6.08 Å². The summed E-state index contributed by atoms with van der Waals surface area (Å²) in [4.78, 5) is 14.5. The number of anilines is 1. The van der Waals surface area contributed by atoms with Crippen LogP contribution in [0.2, 0.25) is 0 Å². The number of carbonyl (C=O) groups is 1. The van der Waals surface area contributed by atoms with Crippen LogP contribution in [0.15, 0.2) is 42.0 Å². The molecule has 1 atom stereocenters. The average molecular weight is 379 g/mol. The number of morpholine rings is 1. The Morgan fingerprint density at radius 1 is 1.29 bits per heavy atom. The first kappa shape index (κ1) is 19.9. The Morgan fingerprint density at radius 2 is 2.00 bits per heavy atom. The summed E-state index contributed by atoms with van der Waals surface area (Å²) in [7, 11) is 0. The number of aliphatic hydroxyl groups is 1. The van der Waals surface area contributed by atoms with E-state index < -0.39 is 12.0 Å². The normalized spacial score (nSPS) is 15.9. The van der Waals surface area contributed by atoms with Gasteiger partial charge in [-0.05, 0) is 47.0 Å². The van der Waals surface area contributed by atoms with Crippen LogP contribution in [0.3, 0.4) is 0 Å². The highest BCUT2D eigenvalue weighted by Crippen LogP contribution is 2.24. The molecule has 0 aliphatic carbocycles. The molecule has 1 fully saturated rings. The largest absolute Gasteiger partial charge is 0.391 e. The molecule has 1 unspecified atom stereocenters. The summed E-state index contributed by atoms with van der Waals surface area (Å²) in [5, 5.41) is 23.6. The average Bonchev–Trinajstić information content (AvgIpc) is 2.75. The van der Waals surface area contributed by atoms with Gasteiger partial charge in [-0.3, -0.25) is 4.79 Å². The number of nitriles is 1. The van der Waals surface area contributed by atoms with Gasteiger partial charge >= 0.3 is 0 Å².